The summed E-state index contributed by atoms with van der Waals surface area (Å²) in [7, 11) is 0. The maximum absolute atomic E-state index is 12.7. The van der Waals surface area contributed by atoms with Crippen molar-refractivity contribution in [3.63, 3.8) is 0 Å². The molecule has 3 N–H and O–H groups in total. The number of carbonyl (C=O) groups excluding carboxylic acids is 4. The third-order valence-electron chi connectivity index (χ3n) is 4.07. The number of rotatable bonds is 3. The quantitative estimate of drug-likeness (QED) is 0.711. The molecule has 2 heterocycles. The minimum atomic E-state index is -0.754. The molecule has 0 bridgehead atoms. The minimum absolute atomic E-state index is 0.186. The summed E-state index contributed by atoms with van der Waals surface area (Å²) in [6, 6.07) is -0.754. The molecule has 2 rings (SSSR count). The van der Waals surface area contributed by atoms with Crippen LogP contribution in [0, 0.1) is 19.3 Å². The largest absolute Gasteiger partial charge is 0.340 e. The van der Waals surface area contributed by atoms with Gasteiger partial charge in [-0.1, -0.05) is 20.8 Å². The van der Waals surface area contributed by atoms with E-state index in [0.717, 1.165) is 10.4 Å². The maximum atomic E-state index is 12.7. The molecule has 1 aliphatic heterocycles. The summed E-state index contributed by atoms with van der Waals surface area (Å²) in [5.41, 5.74) is 0.534. The number of anilines is 1. The SMILES string of the molecule is Cc1sc(NC(=O)C(C)(C)C)c(C(=O)NC2CCC(=O)NC2=O)c1C. The lowest BCUT2D eigenvalue weighted by molar-refractivity contribution is -0.134. The molecule has 0 spiro atoms. The highest BCUT2D eigenvalue weighted by Crippen LogP contribution is 2.33. The van der Waals surface area contributed by atoms with Crippen LogP contribution in [0.1, 0.15) is 54.4 Å². The van der Waals surface area contributed by atoms with Crippen molar-refractivity contribution in [1.29, 1.82) is 0 Å². The normalized spacial score (nSPS) is 17.9. The molecular weight excluding hydrogens is 342 g/mol. The van der Waals surface area contributed by atoms with Gasteiger partial charge in [0.1, 0.15) is 11.0 Å². The van der Waals surface area contributed by atoms with Gasteiger partial charge in [-0.25, -0.2) is 0 Å². The summed E-state index contributed by atoms with van der Waals surface area (Å²) in [6.45, 7) is 9.05. The lowest BCUT2D eigenvalue weighted by Gasteiger charge is -2.22. The molecule has 0 aromatic carbocycles. The Hall–Kier alpha value is -2.22. The van der Waals surface area contributed by atoms with Crippen LogP contribution < -0.4 is 16.0 Å². The van der Waals surface area contributed by atoms with Crippen molar-refractivity contribution in [1.82, 2.24) is 10.6 Å². The molecule has 0 saturated carbocycles. The minimum Gasteiger partial charge on any atom is -0.340 e. The first-order chi connectivity index (χ1) is 11.5. The van der Waals surface area contributed by atoms with Gasteiger partial charge < -0.3 is 10.6 Å². The third kappa shape index (κ3) is 4.25. The van der Waals surface area contributed by atoms with Crippen LogP contribution in [0.2, 0.25) is 0 Å². The smallest absolute Gasteiger partial charge is 0.255 e. The van der Waals surface area contributed by atoms with Crippen LogP contribution in [0.25, 0.3) is 0 Å². The first kappa shape index (κ1) is 19.1. The van der Waals surface area contributed by atoms with Gasteiger partial charge in [-0.2, -0.15) is 0 Å². The lowest BCUT2D eigenvalue weighted by atomic mass is 9.95. The zero-order valence-electron chi connectivity index (χ0n) is 15.0. The highest BCUT2D eigenvalue weighted by Gasteiger charge is 2.31. The number of hydrogen-bond acceptors (Lipinski definition) is 5. The van der Waals surface area contributed by atoms with E-state index in [1.165, 1.54) is 11.3 Å². The molecule has 1 aliphatic rings. The average Bonchev–Trinajstić information content (AvgIpc) is 2.75. The Morgan fingerprint density at radius 1 is 1.20 bits per heavy atom. The van der Waals surface area contributed by atoms with Gasteiger partial charge in [0.15, 0.2) is 0 Å². The Morgan fingerprint density at radius 2 is 1.84 bits per heavy atom. The van der Waals surface area contributed by atoms with Crippen molar-refractivity contribution in [3.05, 3.63) is 16.0 Å². The molecular formula is C17H23N3O4S. The zero-order chi connectivity index (χ0) is 18.9. The van der Waals surface area contributed by atoms with E-state index >= 15 is 0 Å². The van der Waals surface area contributed by atoms with Crippen LogP contribution in [0.3, 0.4) is 0 Å². The Morgan fingerprint density at radius 3 is 2.40 bits per heavy atom. The molecule has 1 atom stereocenters. The van der Waals surface area contributed by atoms with Crippen LogP contribution in [-0.4, -0.2) is 29.7 Å². The molecule has 8 heteroatoms. The van der Waals surface area contributed by atoms with Crippen molar-refractivity contribution in [2.75, 3.05) is 5.32 Å². The Bertz CT molecular complexity index is 746. The Balaban J connectivity index is 2.23. The monoisotopic (exact) mass is 365 g/mol. The number of imide groups is 1. The van der Waals surface area contributed by atoms with Gasteiger partial charge in [-0.15, -0.1) is 11.3 Å². The standard InChI is InChI=1S/C17H23N3O4S/c1-8-9(2)25-15(20-16(24)17(3,4)5)12(8)14(23)18-10-6-7-11(21)19-13(10)22/h10H,6-7H2,1-5H3,(H,18,23)(H,20,24)(H,19,21,22). The number of carbonyl (C=O) groups is 4. The highest BCUT2D eigenvalue weighted by atomic mass is 32.1. The van der Waals surface area contributed by atoms with Crippen LogP contribution >= 0.6 is 11.3 Å². The molecule has 25 heavy (non-hydrogen) atoms. The first-order valence-electron chi connectivity index (χ1n) is 8.06. The van der Waals surface area contributed by atoms with Gasteiger partial charge in [0.25, 0.3) is 5.91 Å². The fourth-order valence-electron chi connectivity index (χ4n) is 2.34. The predicted octanol–water partition coefficient (Wildman–Crippen LogP) is 1.88. The molecule has 7 nitrogen and oxygen atoms in total. The summed E-state index contributed by atoms with van der Waals surface area (Å²) in [6.07, 6.45) is 0.453. The van der Waals surface area contributed by atoms with E-state index in [0.29, 0.717) is 10.6 Å². The van der Waals surface area contributed by atoms with Gasteiger partial charge in [0.2, 0.25) is 17.7 Å². The topological polar surface area (TPSA) is 104 Å². The fraction of sp³-hybridized carbons (Fsp3) is 0.529. The molecule has 136 valence electrons. The van der Waals surface area contributed by atoms with Crippen LogP contribution in [-0.2, 0) is 14.4 Å². The van der Waals surface area contributed by atoms with Gasteiger partial charge in [-0.3, -0.25) is 24.5 Å². The van der Waals surface area contributed by atoms with E-state index in [9.17, 15) is 19.2 Å². The second kappa shape index (κ2) is 6.95. The van der Waals surface area contributed by atoms with E-state index in [1.54, 1.807) is 27.7 Å². The van der Waals surface area contributed by atoms with Crippen molar-refractivity contribution in [2.45, 2.75) is 53.5 Å². The van der Waals surface area contributed by atoms with Gasteiger partial charge in [-0.05, 0) is 25.8 Å². The van der Waals surface area contributed by atoms with Gasteiger partial charge >= 0.3 is 0 Å². The van der Waals surface area contributed by atoms with Crippen LogP contribution in [0.15, 0.2) is 0 Å². The second-order valence-corrected chi connectivity index (χ2v) is 8.39. The van der Waals surface area contributed by atoms with Gasteiger partial charge in [0, 0.05) is 16.7 Å². The van der Waals surface area contributed by atoms with Crippen LogP contribution in [0.4, 0.5) is 5.00 Å². The molecule has 1 aromatic heterocycles. The molecule has 0 radical (unpaired) electrons. The van der Waals surface area contributed by atoms with E-state index in [1.807, 2.05) is 6.92 Å². The number of aryl methyl sites for hydroxylation is 1. The third-order valence-corrected chi connectivity index (χ3v) is 5.19. The highest BCUT2D eigenvalue weighted by molar-refractivity contribution is 7.16. The number of hydrogen-bond donors (Lipinski definition) is 3. The molecule has 0 aliphatic carbocycles. The summed E-state index contributed by atoms with van der Waals surface area (Å²) in [4.78, 5) is 48.9. The lowest BCUT2D eigenvalue weighted by Crippen LogP contribution is -2.52. The zero-order valence-corrected chi connectivity index (χ0v) is 15.8. The summed E-state index contributed by atoms with van der Waals surface area (Å²) in [5.74, 6) is -1.46. The van der Waals surface area contributed by atoms with Gasteiger partial charge in [0.05, 0.1) is 5.56 Å². The average molecular weight is 365 g/mol. The predicted molar refractivity (Wildman–Crippen MR) is 95.5 cm³/mol. The summed E-state index contributed by atoms with van der Waals surface area (Å²) >= 11 is 1.33. The number of amides is 4. The Kier molecular flexibility index (Phi) is 5.31. The first-order valence-corrected chi connectivity index (χ1v) is 8.88. The summed E-state index contributed by atoms with van der Waals surface area (Å²) in [5, 5.41) is 8.16. The van der Waals surface area contributed by atoms with Crippen molar-refractivity contribution in [3.8, 4) is 0 Å². The van der Waals surface area contributed by atoms with E-state index in [-0.39, 0.29) is 24.7 Å². The Labute approximate surface area is 150 Å². The van der Waals surface area contributed by atoms with E-state index < -0.39 is 23.3 Å². The number of nitrogens with one attached hydrogen (secondary N) is 3. The number of thiophene rings is 1. The fourth-order valence-corrected chi connectivity index (χ4v) is 3.39. The van der Waals surface area contributed by atoms with Crippen molar-refractivity contribution < 1.29 is 19.2 Å². The second-order valence-electron chi connectivity index (χ2n) is 7.17. The van der Waals surface area contributed by atoms with Crippen LogP contribution in [0.5, 0.6) is 0 Å². The molecule has 1 saturated heterocycles. The molecule has 4 amide bonds. The molecule has 1 unspecified atom stereocenters. The van der Waals surface area contributed by atoms with Crippen molar-refractivity contribution >= 4 is 40.0 Å². The summed E-state index contributed by atoms with van der Waals surface area (Å²) < 4.78 is 0. The number of piperidine rings is 1. The van der Waals surface area contributed by atoms with E-state index in [2.05, 4.69) is 16.0 Å². The van der Waals surface area contributed by atoms with Crippen molar-refractivity contribution in [2.24, 2.45) is 5.41 Å². The molecule has 1 fully saturated rings. The molecule has 1 aromatic rings. The van der Waals surface area contributed by atoms with E-state index in [4.69, 9.17) is 0 Å². The maximum Gasteiger partial charge on any atom is 0.255 e.